The van der Waals surface area contributed by atoms with Crippen molar-refractivity contribution in [1.29, 1.82) is 0 Å². The lowest BCUT2D eigenvalue weighted by atomic mass is 10.0. The molecule has 1 rings (SSSR count). The number of rotatable bonds is 9. The molecule has 0 spiro atoms. The quantitative estimate of drug-likeness (QED) is 0.731. The highest BCUT2D eigenvalue weighted by Crippen LogP contribution is 2.18. The summed E-state index contributed by atoms with van der Waals surface area (Å²) in [5.41, 5.74) is 2.85. The third-order valence-corrected chi connectivity index (χ3v) is 4.50. The highest BCUT2D eigenvalue weighted by atomic mass is 15.2. The third-order valence-electron chi connectivity index (χ3n) is 4.50. The smallest absolute Gasteiger partial charge is 0.0449 e. The molecule has 1 N–H and O–H groups in total. The molecule has 0 fully saturated rings. The summed E-state index contributed by atoms with van der Waals surface area (Å²) in [6, 6.07) is 10.2. The molecule has 0 aliphatic heterocycles. The molecule has 1 aromatic rings. The molecular formula is C19H34N2. The Morgan fingerprint density at radius 1 is 1.05 bits per heavy atom. The Kier molecular flexibility index (Phi) is 7.98. The van der Waals surface area contributed by atoms with Crippen LogP contribution < -0.4 is 5.32 Å². The standard InChI is InChI=1S/C19H34N2/c1-7-9-17-10-12-18(13-11-17)19(20-8-2)14-21(6)16(5)15(3)4/h10-13,15-16,19-20H,7-9,14H2,1-6H3. The Morgan fingerprint density at radius 2 is 1.67 bits per heavy atom. The van der Waals surface area contributed by atoms with E-state index in [-0.39, 0.29) is 0 Å². The molecule has 0 aliphatic carbocycles. The highest BCUT2D eigenvalue weighted by molar-refractivity contribution is 5.25. The van der Waals surface area contributed by atoms with E-state index < -0.39 is 0 Å². The predicted molar refractivity (Wildman–Crippen MR) is 93.8 cm³/mol. The second-order valence-electron chi connectivity index (χ2n) is 6.53. The van der Waals surface area contributed by atoms with Gasteiger partial charge in [-0.15, -0.1) is 0 Å². The predicted octanol–water partition coefficient (Wildman–Crippen LogP) is 4.27. The fourth-order valence-electron chi connectivity index (χ4n) is 2.70. The molecule has 0 bridgehead atoms. The van der Waals surface area contributed by atoms with Gasteiger partial charge in [0, 0.05) is 18.6 Å². The Morgan fingerprint density at radius 3 is 2.14 bits per heavy atom. The summed E-state index contributed by atoms with van der Waals surface area (Å²) >= 11 is 0. The Labute approximate surface area is 131 Å². The van der Waals surface area contributed by atoms with Gasteiger partial charge >= 0.3 is 0 Å². The van der Waals surface area contributed by atoms with Crippen LogP contribution in [0.15, 0.2) is 24.3 Å². The Bertz CT molecular complexity index is 383. The maximum atomic E-state index is 3.63. The first-order valence-corrected chi connectivity index (χ1v) is 8.52. The summed E-state index contributed by atoms with van der Waals surface area (Å²) in [6.45, 7) is 13.4. The molecule has 0 radical (unpaired) electrons. The minimum absolute atomic E-state index is 0.414. The van der Waals surface area contributed by atoms with E-state index in [1.807, 2.05) is 0 Å². The van der Waals surface area contributed by atoms with E-state index in [1.54, 1.807) is 0 Å². The number of likely N-dealkylation sites (N-methyl/N-ethyl adjacent to an activating group) is 2. The largest absolute Gasteiger partial charge is 0.309 e. The van der Waals surface area contributed by atoms with Crippen LogP contribution in [0.1, 0.15) is 58.2 Å². The molecule has 0 aromatic heterocycles. The van der Waals surface area contributed by atoms with Crippen molar-refractivity contribution in [2.45, 2.75) is 59.5 Å². The average Bonchev–Trinajstić information content (AvgIpc) is 2.47. The lowest BCUT2D eigenvalue weighted by Gasteiger charge is -2.32. The zero-order chi connectivity index (χ0) is 15.8. The second kappa shape index (κ2) is 9.22. The van der Waals surface area contributed by atoms with Crippen LogP contribution in [-0.2, 0) is 6.42 Å². The lowest BCUT2D eigenvalue weighted by Crippen LogP contribution is -2.40. The van der Waals surface area contributed by atoms with Crippen molar-refractivity contribution in [3.05, 3.63) is 35.4 Å². The summed E-state index contributed by atoms with van der Waals surface area (Å²) in [4.78, 5) is 2.47. The maximum Gasteiger partial charge on any atom is 0.0449 e. The molecule has 120 valence electrons. The molecule has 0 aliphatic rings. The molecule has 2 nitrogen and oxygen atoms in total. The van der Waals surface area contributed by atoms with Crippen LogP contribution in [0.2, 0.25) is 0 Å². The Hall–Kier alpha value is -0.860. The molecule has 2 atom stereocenters. The first-order valence-electron chi connectivity index (χ1n) is 8.52. The third kappa shape index (κ3) is 5.80. The van der Waals surface area contributed by atoms with Crippen LogP contribution in [0, 0.1) is 5.92 Å². The van der Waals surface area contributed by atoms with Gasteiger partial charge in [-0.3, -0.25) is 0 Å². The number of hydrogen-bond acceptors (Lipinski definition) is 2. The fourth-order valence-corrected chi connectivity index (χ4v) is 2.70. The zero-order valence-electron chi connectivity index (χ0n) is 14.8. The molecule has 2 heteroatoms. The van der Waals surface area contributed by atoms with Gasteiger partial charge in [0.1, 0.15) is 0 Å². The van der Waals surface area contributed by atoms with E-state index in [9.17, 15) is 0 Å². The van der Waals surface area contributed by atoms with Crippen molar-refractivity contribution in [3.63, 3.8) is 0 Å². The number of benzene rings is 1. The minimum Gasteiger partial charge on any atom is -0.309 e. The van der Waals surface area contributed by atoms with Gasteiger partial charge in [0.15, 0.2) is 0 Å². The van der Waals surface area contributed by atoms with E-state index in [4.69, 9.17) is 0 Å². The van der Waals surface area contributed by atoms with Crippen molar-refractivity contribution in [3.8, 4) is 0 Å². The van der Waals surface area contributed by atoms with Gasteiger partial charge in [-0.25, -0.2) is 0 Å². The van der Waals surface area contributed by atoms with E-state index in [2.05, 4.69) is 76.1 Å². The molecule has 0 saturated carbocycles. The van der Waals surface area contributed by atoms with E-state index in [0.29, 0.717) is 18.0 Å². The lowest BCUT2D eigenvalue weighted by molar-refractivity contribution is 0.188. The summed E-state index contributed by atoms with van der Waals surface area (Å²) < 4.78 is 0. The minimum atomic E-state index is 0.414. The van der Waals surface area contributed by atoms with Crippen molar-refractivity contribution in [2.24, 2.45) is 5.92 Å². The van der Waals surface area contributed by atoms with Crippen LogP contribution in [0.3, 0.4) is 0 Å². The molecule has 1 aromatic carbocycles. The van der Waals surface area contributed by atoms with Crippen molar-refractivity contribution in [1.82, 2.24) is 10.2 Å². The van der Waals surface area contributed by atoms with Crippen LogP contribution >= 0.6 is 0 Å². The van der Waals surface area contributed by atoms with Crippen LogP contribution in [0.5, 0.6) is 0 Å². The first kappa shape index (κ1) is 18.2. The summed E-state index contributed by atoms with van der Waals surface area (Å²) in [6.07, 6.45) is 2.39. The van der Waals surface area contributed by atoms with Crippen LogP contribution in [0.4, 0.5) is 0 Å². The molecule has 0 heterocycles. The van der Waals surface area contributed by atoms with E-state index in [1.165, 1.54) is 24.0 Å². The number of aryl methyl sites for hydroxylation is 1. The van der Waals surface area contributed by atoms with E-state index in [0.717, 1.165) is 13.1 Å². The average molecular weight is 290 g/mol. The monoisotopic (exact) mass is 290 g/mol. The van der Waals surface area contributed by atoms with Gasteiger partial charge in [-0.05, 0) is 44.0 Å². The van der Waals surface area contributed by atoms with E-state index >= 15 is 0 Å². The molecule has 21 heavy (non-hydrogen) atoms. The van der Waals surface area contributed by atoms with Crippen molar-refractivity contribution < 1.29 is 0 Å². The molecule has 0 saturated heterocycles. The molecular weight excluding hydrogens is 256 g/mol. The number of nitrogens with one attached hydrogen (secondary N) is 1. The van der Waals surface area contributed by atoms with Crippen LogP contribution in [-0.4, -0.2) is 31.1 Å². The fraction of sp³-hybridized carbons (Fsp3) is 0.684. The SMILES string of the molecule is CCCc1ccc(C(CN(C)C(C)C(C)C)NCC)cc1. The molecule has 0 amide bonds. The molecule has 2 unspecified atom stereocenters. The maximum absolute atomic E-state index is 3.63. The van der Waals surface area contributed by atoms with Gasteiger partial charge in [0.25, 0.3) is 0 Å². The van der Waals surface area contributed by atoms with Gasteiger partial charge in [0.2, 0.25) is 0 Å². The van der Waals surface area contributed by atoms with Gasteiger partial charge in [-0.2, -0.15) is 0 Å². The van der Waals surface area contributed by atoms with Gasteiger partial charge in [-0.1, -0.05) is 58.4 Å². The number of hydrogen-bond donors (Lipinski definition) is 1. The highest BCUT2D eigenvalue weighted by Gasteiger charge is 2.18. The van der Waals surface area contributed by atoms with Gasteiger partial charge < -0.3 is 10.2 Å². The van der Waals surface area contributed by atoms with Crippen molar-refractivity contribution in [2.75, 3.05) is 20.1 Å². The van der Waals surface area contributed by atoms with Crippen LogP contribution in [0.25, 0.3) is 0 Å². The Balaban J connectivity index is 2.76. The van der Waals surface area contributed by atoms with Gasteiger partial charge in [0.05, 0.1) is 0 Å². The summed E-state index contributed by atoms with van der Waals surface area (Å²) in [5.74, 6) is 0.684. The van der Waals surface area contributed by atoms with Crippen molar-refractivity contribution >= 4 is 0 Å². The number of nitrogens with zero attached hydrogens (tertiary/aromatic N) is 1. The topological polar surface area (TPSA) is 15.3 Å². The normalized spacial score (nSPS) is 14.7. The summed E-state index contributed by atoms with van der Waals surface area (Å²) in [5, 5.41) is 3.63. The zero-order valence-corrected chi connectivity index (χ0v) is 14.8. The second-order valence-corrected chi connectivity index (χ2v) is 6.53. The summed E-state index contributed by atoms with van der Waals surface area (Å²) in [7, 11) is 2.24. The first-order chi connectivity index (χ1) is 9.99.